The summed E-state index contributed by atoms with van der Waals surface area (Å²) in [5, 5.41) is 2.91. The molecule has 0 atom stereocenters. The van der Waals surface area contributed by atoms with Crippen LogP contribution in [-0.2, 0) is 4.74 Å². The lowest BCUT2D eigenvalue weighted by molar-refractivity contribution is 0.0383. The average Bonchev–Trinajstić information content (AvgIpc) is 2.80. The number of anilines is 2. The fraction of sp³-hybridized carbons (Fsp3) is 0.526. The maximum atomic E-state index is 12.3. The number of carbonyl (C=O) groups excluding carboxylic acids is 1. The van der Waals surface area contributed by atoms with Crippen LogP contribution in [0.15, 0.2) is 30.9 Å². The molecule has 0 radical (unpaired) electrons. The van der Waals surface area contributed by atoms with Gasteiger partial charge < -0.3 is 19.9 Å². The molecule has 29 heavy (non-hydrogen) atoms. The zero-order valence-corrected chi connectivity index (χ0v) is 16.4. The topological polar surface area (TPSA) is 99.6 Å². The van der Waals surface area contributed by atoms with Crippen LogP contribution in [-0.4, -0.2) is 96.3 Å². The van der Waals surface area contributed by atoms with Gasteiger partial charge >= 0.3 is 0 Å². The van der Waals surface area contributed by atoms with Crippen molar-refractivity contribution < 1.29 is 9.53 Å². The van der Waals surface area contributed by atoms with Crippen LogP contribution >= 0.6 is 0 Å². The Morgan fingerprint density at radius 3 is 2.34 bits per heavy atom. The standard InChI is InChI=1S/C19H26N8O2/c28-18(20-4-5-25-10-12-29-13-11-25)16-14-24-17(15-23-16)26-6-8-27(9-7-26)19-21-2-1-3-22-19/h1-3,14-15H,4-13H2,(H,20,28). The van der Waals surface area contributed by atoms with Crippen molar-refractivity contribution in [2.45, 2.75) is 0 Å². The molecule has 0 aromatic carbocycles. The zero-order valence-electron chi connectivity index (χ0n) is 16.4. The number of carbonyl (C=O) groups is 1. The van der Waals surface area contributed by atoms with Crippen molar-refractivity contribution in [2.24, 2.45) is 0 Å². The highest BCUT2D eigenvalue weighted by Crippen LogP contribution is 2.15. The van der Waals surface area contributed by atoms with Gasteiger partial charge in [0.15, 0.2) is 0 Å². The minimum Gasteiger partial charge on any atom is -0.379 e. The number of aromatic nitrogens is 4. The summed E-state index contributed by atoms with van der Waals surface area (Å²) in [5.41, 5.74) is 0.340. The van der Waals surface area contributed by atoms with Gasteiger partial charge in [-0.3, -0.25) is 9.69 Å². The number of nitrogens with one attached hydrogen (secondary N) is 1. The first-order valence-corrected chi connectivity index (χ1v) is 9.97. The van der Waals surface area contributed by atoms with Crippen LogP contribution in [0.4, 0.5) is 11.8 Å². The molecule has 2 saturated heterocycles. The monoisotopic (exact) mass is 398 g/mol. The Kier molecular flexibility index (Phi) is 6.42. The van der Waals surface area contributed by atoms with Crippen LogP contribution in [0.5, 0.6) is 0 Å². The SMILES string of the molecule is O=C(NCCN1CCOCC1)c1cnc(N2CCN(c3ncccn3)CC2)cn1. The van der Waals surface area contributed by atoms with E-state index < -0.39 is 0 Å². The van der Waals surface area contributed by atoms with Crippen molar-refractivity contribution in [3.8, 4) is 0 Å². The van der Waals surface area contributed by atoms with Crippen LogP contribution < -0.4 is 15.1 Å². The number of hydrogen-bond donors (Lipinski definition) is 1. The van der Waals surface area contributed by atoms with Crippen molar-refractivity contribution in [1.82, 2.24) is 30.2 Å². The van der Waals surface area contributed by atoms with E-state index in [-0.39, 0.29) is 5.91 Å². The predicted molar refractivity (Wildman–Crippen MR) is 108 cm³/mol. The van der Waals surface area contributed by atoms with Gasteiger partial charge in [-0.2, -0.15) is 0 Å². The molecule has 0 bridgehead atoms. The Bertz CT molecular complexity index is 775. The largest absolute Gasteiger partial charge is 0.379 e. The Balaban J connectivity index is 1.24. The predicted octanol–water partition coefficient (Wildman–Crippen LogP) is -0.345. The van der Waals surface area contributed by atoms with Crippen LogP contribution in [0.3, 0.4) is 0 Å². The second kappa shape index (κ2) is 9.57. The van der Waals surface area contributed by atoms with Crippen molar-refractivity contribution in [3.05, 3.63) is 36.5 Å². The van der Waals surface area contributed by atoms with E-state index in [1.165, 1.54) is 0 Å². The van der Waals surface area contributed by atoms with Gasteiger partial charge in [0.2, 0.25) is 5.95 Å². The summed E-state index contributed by atoms with van der Waals surface area (Å²) >= 11 is 0. The fourth-order valence-corrected chi connectivity index (χ4v) is 3.43. The minimum atomic E-state index is -0.191. The number of hydrogen-bond acceptors (Lipinski definition) is 9. The molecular formula is C19H26N8O2. The number of nitrogens with zero attached hydrogens (tertiary/aromatic N) is 7. The summed E-state index contributed by atoms with van der Waals surface area (Å²) in [5.74, 6) is 1.34. The molecule has 1 amide bonds. The molecule has 2 aliphatic rings. The van der Waals surface area contributed by atoms with E-state index in [0.29, 0.717) is 12.2 Å². The van der Waals surface area contributed by atoms with Gasteiger partial charge in [-0.1, -0.05) is 0 Å². The summed E-state index contributed by atoms with van der Waals surface area (Å²) in [6.07, 6.45) is 6.73. The highest BCUT2D eigenvalue weighted by atomic mass is 16.5. The molecule has 1 N–H and O–H groups in total. The lowest BCUT2D eigenvalue weighted by Crippen LogP contribution is -2.47. The van der Waals surface area contributed by atoms with E-state index >= 15 is 0 Å². The maximum Gasteiger partial charge on any atom is 0.271 e. The summed E-state index contributed by atoms with van der Waals surface area (Å²) in [6.45, 7) is 7.98. The molecule has 0 spiro atoms. The van der Waals surface area contributed by atoms with Crippen molar-refractivity contribution in [3.63, 3.8) is 0 Å². The lowest BCUT2D eigenvalue weighted by atomic mass is 10.3. The van der Waals surface area contributed by atoms with E-state index in [0.717, 1.165) is 70.8 Å². The second-order valence-electron chi connectivity index (χ2n) is 6.99. The molecule has 4 heterocycles. The van der Waals surface area contributed by atoms with E-state index in [1.54, 1.807) is 24.8 Å². The molecular weight excluding hydrogens is 372 g/mol. The van der Waals surface area contributed by atoms with E-state index in [1.807, 2.05) is 6.07 Å². The Hall–Kier alpha value is -2.85. The minimum absolute atomic E-state index is 0.191. The highest BCUT2D eigenvalue weighted by molar-refractivity contribution is 5.92. The van der Waals surface area contributed by atoms with Gasteiger partial charge in [-0.15, -0.1) is 0 Å². The molecule has 10 nitrogen and oxygen atoms in total. The van der Waals surface area contributed by atoms with E-state index in [4.69, 9.17) is 4.74 Å². The molecule has 0 unspecified atom stereocenters. The lowest BCUT2D eigenvalue weighted by Gasteiger charge is -2.35. The second-order valence-corrected chi connectivity index (χ2v) is 6.99. The molecule has 0 saturated carbocycles. The third kappa shape index (κ3) is 5.15. The Morgan fingerprint density at radius 2 is 1.66 bits per heavy atom. The number of piperazine rings is 1. The molecule has 2 aromatic rings. The number of ether oxygens (including phenoxy) is 1. The molecule has 0 aliphatic carbocycles. The summed E-state index contributed by atoms with van der Waals surface area (Å²) < 4.78 is 5.33. The van der Waals surface area contributed by atoms with Crippen LogP contribution in [0, 0.1) is 0 Å². The molecule has 2 aliphatic heterocycles. The summed E-state index contributed by atoms with van der Waals surface area (Å²) in [7, 11) is 0. The van der Waals surface area contributed by atoms with Gasteiger partial charge in [-0.05, 0) is 6.07 Å². The smallest absolute Gasteiger partial charge is 0.271 e. The first kappa shape index (κ1) is 19.5. The van der Waals surface area contributed by atoms with Gasteiger partial charge in [0.25, 0.3) is 5.91 Å². The Labute approximate surface area is 169 Å². The average molecular weight is 398 g/mol. The van der Waals surface area contributed by atoms with E-state index in [2.05, 4.69) is 40.0 Å². The zero-order chi connectivity index (χ0) is 19.9. The van der Waals surface area contributed by atoms with Crippen LogP contribution in [0.25, 0.3) is 0 Å². The van der Waals surface area contributed by atoms with E-state index in [9.17, 15) is 4.79 Å². The van der Waals surface area contributed by atoms with Gasteiger partial charge in [0, 0.05) is 64.8 Å². The molecule has 154 valence electrons. The summed E-state index contributed by atoms with van der Waals surface area (Å²) in [4.78, 5) is 36.2. The normalized spacial score (nSPS) is 17.9. The maximum absolute atomic E-state index is 12.3. The highest BCUT2D eigenvalue weighted by Gasteiger charge is 2.20. The van der Waals surface area contributed by atoms with Gasteiger partial charge in [0.1, 0.15) is 11.5 Å². The quantitative estimate of drug-likeness (QED) is 0.700. The number of amides is 1. The first-order chi connectivity index (χ1) is 14.3. The molecule has 10 heteroatoms. The summed E-state index contributed by atoms with van der Waals surface area (Å²) in [6, 6.07) is 1.82. The van der Waals surface area contributed by atoms with Crippen LogP contribution in [0.2, 0.25) is 0 Å². The Morgan fingerprint density at radius 1 is 0.931 bits per heavy atom. The fourth-order valence-electron chi connectivity index (χ4n) is 3.43. The van der Waals surface area contributed by atoms with Crippen molar-refractivity contribution in [1.29, 1.82) is 0 Å². The van der Waals surface area contributed by atoms with Crippen molar-refractivity contribution in [2.75, 3.05) is 75.4 Å². The van der Waals surface area contributed by atoms with Crippen molar-refractivity contribution >= 4 is 17.7 Å². The first-order valence-electron chi connectivity index (χ1n) is 9.97. The number of morpholine rings is 1. The third-order valence-electron chi connectivity index (χ3n) is 5.13. The molecule has 2 aromatic heterocycles. The van der Waals surface area contributed by atoms with Crippen LogP contribution in [0.1, 0.15) is 10.5 Å². The van der Waals surface area contributed by atoms with Gasteiger partial charge in [0.05, 0.1) is 25.6 Å². The third-order valence-corrected chi connectivity index (χ3v) is 5.13. The number of rotatable bonds is 6. The molecule has 4 rings (SSSR count). The van der Waals surface area contributed by atoms with Gasteiger partial charge in [-0.25, -0.2) is 19.9 Å². The molecule has 2 fully saturated rings.